The Hall–Kier alpha value is -3.28. The zero-order valence-corrected chi connectivity index (χ0v) is 27.4. The van der Waals surface area contributed by atoms with Crippen LogP contribution >= 0.6 is 11.6 Å². The van der Waals surface area contributed by atoms with E-state index in [0.717, 1.165) is 34.8 Å². The van der Waals surface area contributed by atoms with Crippen LogP contribution in [0.15, 0.2) is 50.2 Å². The van der Waals surface area contributed by atoms with Gasteiger partial charge in [0.1, 0.15) is 0 Å². The van der Waals surface area contributed by atoms with Crippen LogP contribution in [0.25, 0.3) is 11.1 Å². The first-order valence-corrected chi connectivity index (χ1v) is 16.5. The average molecular weight is 624 g/mol. The predicted molar refractivity (Wildman–Crippen MR) is 167 cm³/mol. The van der Waals surface area contributed by atoms with Crippen LogP contribution in [-0.4, -0.2) is 46.5 Å². The lowest BCUT2D eigenvalue weighted by Crippen LogP contribution is -2.24. The molecular formula is C29H38ClN3O6S2. The Bertz CT molecular complexity index is 1710. The molecule has 1 amide bonds. The van der Waals surface area contributed by atoms with Crippen molar-refractivity contribution in [2.24, 2.45) is 16.5 Å². The van der Waals surface area contributed by atoms with Crippen molar-refractivity contribution in [2.75, 3.05) is 12.5 Å². The molecule has 0 fully saturated rings. The minimum Gasteiger partial charge on any atom is -0.370 e. The standard InChI is InChI=1S/C15H21N3O3S.C14H17ClO3S/c1-8(2)10(4)12-6-9(3)11(14(19)18-15(16)17)7-13(12)22(5,20)21;1-8(2)10(4)12-6-9(3)11(14(15)16)7-13(12)19(5,17)18/h6-7H,1-5H3,(H4,16,17,18,19);6-7H,1-5H3. The van der Waals surface area contributed by atoms with E-state index in [0.29, 0.717) is 22.3 Å². The molecule has 12 heteroatoms. The number of carbonyl (C=O) groups excluding carboxylic acids is 2. The number of aliphatic imine (C=N–C) groups is 1. The van der Waals surface area contributed by atoms with Gasteiger partial charge in [-0.2, -0.15) is 4.99 Å². The van der Waals surface area contributed by atoms with Crippen molar-refractivity contribution in [3.05, 3.63) is 68.8 Å². The van der Waals surface area contributed by atoms with E-state index < -0.39 is 30.8 Å². The molecule has 0 unspecified atom stereocenters. The Balaban J connectivity index is 0.000000414. The molecule has 0 aliphatic carbocycles. The molecule has 4 N–H and O–H groups in total. The molecule has 0 bridgehead atoms. The number of sulfone groups is 2. The molecule has 0 atom stereocenters. The highest BCUT2D eigenvalue weighted by atomic mass is 35.5. The molecule has 0 aliphatic heterocycles. The van der Waals surface area contributed by atoms with Gasteiger partial charge in [-0.05, 0) is 125 Å². The van der Waals surface area contributed by atoms with Crippen LogP contribution < -0.4 is 11.5 Å². The first-order valence-electron chi connectivity index (χ1n) is 12.3. The summed E-state index contributed by atoms with van der Waals surface area (Å²) in [5, 5.41) is -0.649. The van der Waals surface area contributed by atoms with Gasteiger partial charge < -0.3 is 11.5 Å². The van der Waals surface area contributed by atoms with Gasteiger partial charge in [0.2, 0.25) is 0 Å². The maximum atomic E-state index is 12.1. The maximum Gasteiger partial charge on any atom is 0.280 e. The van der Waals surface area contributed by atoms with E-state index in [9.17, 15) is 26.4 Å². The molecule has 9 nitrogen and oxygen atoms in total. The van der Waals surface area contributed by atoms with E-state index in [1.54, 1.807) is 26.0 Å². The number of hydrogen-bond donors (Lipinski definition) is 2. The zero-order valence-electron chi connectivity index (χ0n) is 25.1. The van der Waals surface area contributed by atoms with Gasteiger partial charge in [-0.15, -0.1) is 0 Å². The van der Waals surface area contributed by atoms with Crippen molar-refractivity contribution in [2.45, 2.75) is 65.2 Å². The lowest BCUT2D eigenvalue weighted by atomic mass is 9.98. The highest BCUT2D eigenvalue weighted by molar-refractivity contribution is 7.91. The summed E-state index contributed by atoms with van der Waals surface area (Å²) in [6.07, 6.45) is 2.23. The fourth-order valence-electron chi connectivity index (χ4n) is 3.73. The quantitative estimate of drug-likeness (QED) is 0.251. The number of allylic oxidation sites excluding steroid dienone is 4. The Morgan fingerprint density at radius 3 is 1.29 bits per heavy atom. The summed E-state index contributed by atoms with van der Waals surface area (Å²) >= 11 is 5.48. The molecule has 0 heterocycles. The molecule has 0 saturated heterocycles. The van der Waals surface area contributed by atoms with E-state index in [-0.39, 0.29) is 26.9 Å². The lowest BCUT2D eigenvalue weighted by molar-refractivity contribution is 0.100. The number of aryl methyl sites for hydroxylation is 2. The molecular weight excluding hydrogens is 586 g/mol. The monoisotopic (exact) mass is 623 g/mol. The number of halogens is 1. The SMILES string of the molecule is CC(C)=C(C)c1cc(C)c(C(=O)Cl)cc1S(C)(=O)=O.CC(C)=C(C)c1cc(C)c(C(=O)N=C(N)N)cc1S(C)(=O)=O. The van der Waals surface area contributed by atoms with Crippen LogP contribution in [-0.2, 0) is 19.7 Å². The van der Waals surface area contributed by atoms with Crippen molar-refractivity contribution in [3.8, 4) is 0 Å². The van der Waals surface area contributed by atoms with Gasteiger partial charge in [0.15, 0.2) is 25.6 Å². The number of rotatable bonds is 6. The molecule has 0 saturated carbocycles. The van der Waals surface area contributed by atoms with Gasteiger partial charge >= 0.3 is 0 Å². The summed E-state index contributed by atoms with van der Waals surface area (Å²) in [6, 6.07) is 6.07. The fraction of sp³-hybridized carbons (Fsp3) is 0.345. The van der Waals surface area contributed by atoms with Gasteiger partial charge in [0.05, 0.1) is 9.79 Å². The topological polar surface area (TPSA) is 167 Å². The van der Waals surface area contributed by atoms with Gasteiger partial charge in [0.25, 0.3) is 11.1 Å². The number of benzene rings is 2. The molecule has 2 aromatic rings. The second kappa shape index (κ2) is 13.6. The molecule has 0 radical (unpaired) electrons. The minimum atomic E-state index is -3.51. The van der Waals surface area contributed by atoms with Crippen molar-refractivity contribution < 1.29 is 26.4 Å². The first-order chi connectivity index (χ1) is 18.5. The number of hydrogen-bond acceptors (Lipinski definition) is 6. The second-order valence-corrected chi connectivity index (χ2v) is 14.5. The van der Waals surface area contributed by atoms with Gasteiger partial charge in [-0.1, -0.05) is 11.1 Å². The van der Waals surface area contributed by atoms with Crippen LogP contribution in [0.3, 0.4) is 0 Å². The summed E-state index contributed by atoms with van der Waals surface area (Å²) in [6.45, 7) is 14.8. The Labute approximate surface area is 248 Å². The minimum absolute atomic E-state index is 0.0888. The summed E-state index contributed by atoms with van der Waals surface area (Å²) in [5.74, 6) is -1.03. The van der Waals surface area contributed by atoms with Crippen molar-refractivity contribution in [1.82, 2.24) is 0 Å². The van der Waals surface area contributed by atoms with E-state index >= 15 is 0 Å². The van der Waals surface area contributed by atoms with Crippen LogP contribution in [0.2, 0.25) is 0 Å². The summed E-state index contributed by atoms with van der Waals surface area (Å²) < 4.78 is 47.9. The number of nitrogens with two attached hydrogens (primary N) is 2. The van der Waals surface area contributed by atoms with Crippen molar-refractivity contribution in [1.29, 1.82) is 0 Å². The van der Waals surface area contributed by atoms with Crippen LogP contribution in [0.1, 0.15) is 84.5 Å². The van der Waals surface area contributed by atoms with Gasteiger partial charge in [0, 0.05) is 23.6 Å². The van der Waals surface area contributed by atoms with E-state index in [2.05, 4.69) is 4.99 Å². The summed E-state index contributed by atoms with van der Waals surface area (Å²) in [7, 11) is -6.94. The normalized spacial score (nSPS) is 11.1. The molecule has 41 heavy (non-hydrogen) atoms. The lowest BCUT2D eigenvalue weighted by Gasteiger charge is -2.14. The third kappa shape index (κ3) is 9.37. The van der Waals surface area contributed by atoms with Crippen LogP contribution in [0.5, 0.6) is 0 Å². The fourth-order valence-corrected chi connectivity index (χ4v) is 5.82. The van der Waals surface area contributed by atoms with Crippen LogP contribution in [0, 0.1) is 13.8 Å². The molecule has 224 valence electrons. The second-order valence-electron chi connectivity index (χ2n) is 10.2. The van der Waals surface area contributed by atoms with E-state index in [1.807, 2.05) is 41.5 Å². The molecule has 0 aliphatic rings. The third-order valence-electron chi connectivity index (χ3n) is 6.43. The van der Waals surface area contributed by atoms with Crippen molar-refractivity contribution >= 4 is 59.5 Å². The summed E-state index contributed by atoms with van der Waals surface area (Å²) in [4.78, 5) is 27.0. The predicted octanol–water partition coefficient (Wildman–Crippen LogP) is 5.22. The Kier molecular flexibility index (Phi) is 11.8. The summed E-state index contributed by atoms with van der Waals surface area (Å²) in [5.41, 5.74) is 17.0. The van der Waals surface area contributed by atoms with Crippen molar-refractivity contribution in [3.63, 3.8) is 0 Å². The zero-order chi connectivity index (χ0) is 32.2. The highest BCUT2D eigenvalue weighted by Crippen LogP contribution is 2.30. The maximum absolute atomic E-state index is 12.1. The third-order valence-corrected chi connectivity index (χ3v) is 8.91. The molecule has 0 spiro atoms. The number of carbonyl (C=O) groups is 2. The molecule has 2 aromatic carbocycles. The molecule has 0 aromatic heterocycles. The Morgan fingerprint density at radius 1 is 0.659 bits per heavy atom. The number of amides is 1. The van der Waals surface area contributed by atoms with Crippen LogP contribution in [0.4, 0.5) is 0 Å². The largest absolute Gasteiger partial charge is 0.370 e. The first kappa shape index (κ1) is 35.7. The number of nitrogens with zero attached hydrogens (tertiary/aromatic N) is 1. The number of guanidine groups is 1. The van der Waals surface area contributed by atoms with E-state index in [4.69, 9.17) is 23.1 Å². The van der Waals surface area contributed by atoms with Gasteiger partial charge in [-0.25, -0.2) is 16.8 Å². The van der Waals surface area contributed by atoms with Gasteiger partial charge in [-0.3, -0.25) is 9.59 Å². The van der Waals surface area contributed by atoms with E-state index in [1.165, 1.54) is 12.1 Å². The highest BCUT2D eigenvalue weighted by Gasteiger charge is 2.21. The molecule has 2 rings (SSSR count). The Morgan fingerprint density at radius 2 is 1.00 bits per heavy atom. The average Bonchev–Trinajstić information content (AvgIpc) is 2.80. The smallest absolute Gasteiger partial charge is 0.280 e.